The number of nitrogens with one attached hydrogen (secondary N) is 2. The monoisotopic (exact) mass is 261 g/mol. The predicted octanol–water partition coefficient (Wildman–Crippen LogP) is 1.75. The van der Waals surface area contributed by atoms with E-state index in [-0.39, 0.29) is 11.9 Å². The maximum Gasteiger partial charge on any atom is 0.241 e. The molecule has 1 saturated heterocycles. The van der Waals surface area contributed by atoms with Crippen molar-refractivity contribution in [3.63, 3.8) is 0 Å². The SMILES string of the molecule is Cc1ccc(CN(C)C)cc1NC(=O)C1CCCN1. The fourth-order valence-electron chi connectivity index (χ4n) is 2.40. The largest absolute Gasteiger partial charge is 0.324 e. The standard InChI is InChI=1S/C15H23N3O/c1-11-6-7-12(10-18(2)3)9-14(11)17-15(19)13-5-4-8-16-13/h6-7,9,13,16H,4-5,8,10H2,1-3H3,(H,17,19). The summed E-state index contributed by atoms with van der Waals surface area (Å²) in [6, 6.07) is 6.22. The third-order valence-electron chi connectivity index (χ3n) is 3.44. The number of rotatable bonds is 4. The minimum Gasteiger partial charge on any atom is -0.324 e. The summed E-state index contributed by atoms with van der Waals surface area (Å²) in [7, 11) is 4.08. The lowest BCUT2D eigenvalue weighted by Gasteiger charge is -2.15. The molecule has 104 valence electrons. The first-order valence-electron chi connectivity index (χ1n) is 6.85. The number of hydrogen-bond acceptors (Lipinski definition) is 3. The number of aryl methyl sites for hydroxylation is 1. The van der Waals surface area contributed by atoms with Crippen LogP contribution in [0.3, 0.4) is 0 Å². The zero-order chi connectivity index (χ0) is 13.8. The summed E-state index contributed by atoms with van der Waals surface area (Å²) in [4.78, 5) is 14.2. The number of nitrogens with zero attached hydrogens (tertiary/aromatic N) is 1. The van der Waals surface area contributed by atoms with E-state index in [0.717, 1.165) is 37.2 Å². The number of anilines is 1. The van der Waals surface area contributed by atoms with Gasteiger partial charge in [0.05, 0.1) is 6.04 Å². The van der Waals surface area contributed by atoms with Gasteiger partial charge in [0.2, 0.25) is 5.91 Å². The van der Waals surface area contributed by atoms with Crippen LogP contribution in [0.2, 0.25) is 0 Å². The van der Waals surface area contributed by atoms with Crippen molar-refractivity contribution in [1.82, 2.24) is 10.2 Å². The highest BCUT2D eigenvalue weighted by Crippen LogP contribution is 2.19. The number of carbonyl (C=O) groups is 1. The highest BCUT2D eigenvalue weighted by atomic mass is 16.2. The molecule has 0 aliphatic carbocycles. The first kappa shape index (κ1) is 14.0. The van der Waals surface area contributed by atoms with Crippen LogP contribution in [0.15, 0.2) is 18.2 Å². The molecule has 0 saturated carbocycles. The summed E-state index contributed by atoms with van der Waals surface area (Å²) in [5, 5.41) is 6.27. The first-order valence-corrected chi connectivity index (χ1v) is 6.85. The Morgan fingerprint density at radius 3 is 2.89 bits per heavy atom. The molecule has 1 amide bonds. The molecule has 1 aliphatic heterocycles. The second kappa shape index (κ2) is 6.17. The summed E-state index contributed by atoms with van der Waals surface area (Å²) in [5.74, 6) is 0.0857. The van der Waals surface area contributed by atoms with Gasteiger partial charge in [-0.15, -0.1) is 0 Å². The van der Waals surface area contributed by atoms with Gasteiger partial charge in [-0.25, -0.2) is 0 Å². The van der Waals surface area contributed by atoms with Crippen molar-refractivity contribution in [1.29, 1.82) is 0 Å². The van der Waals surface area contributed by atoms with Gasteiger partial charge < -0.3 is 15.5 Å². The Morgan fingerprint density at radius 1 is 1.47 bits per heavy atom. The van der Waals surface area contributed by atoms with Gasteiger partial charge in [-0.2, -0.15) is 0 Å². The van der Waals surface area contributed by atoms with E-state index in [1.54, 1.807) is 0 Å². The van der Waals surface area contributed by atoms with Crippen LogP contribution in [-0.4, -0.2) is 37.5 Å². The quantitative estimate of drug-likeness (QED) is 0.868. The highest BCUT2D eigenvalue weighted by Gasteiger charge is 2.22. The summed E-state index contributed by atoms with van der Waals surface area (Å²) >= 11 is 0. The minimum absolute atomic E-state index is 0.0306. The van der Waals surface area contributed by atoms with Gasteiger partial charge in [-0.1, -0.05) is 12.1 Å². The molecule has 0 spiro atoms. The van der Waals surface area contributed by atoms with Crippen LogP contribution in [0.25, 0.3) is 0 Å². The molecular formula is C15H23N3O. The molecule has 1 aromatic rings. The summed E-state index contributed by atoms with van der Waals surface area (Å²) < 4.78 is 0. The minimum atomic E-state index is -0.0306. The Kier molecular flexibility index (Phi) is 4.56. The average Bonchev–Trinajstić information content (AvgIpc) is 2.86. The molecule has 1 heterocycles. The second-order valence-electron chi connectivity index (χ2n) is 5.53. The van der Waals surface area contributed by atoms with E-state index in [2.05, 4.69) is 33.7 Å². The van der Waals surface area contributed by atoms with Crippen LogP contribution in [0.4, 0.5) is 5.69 Å². The Labute approximate surface area is 115 Å². The molecule has 19 heavy (non-hydrogen) atoms. The lowest BCUT2D eigenvalue weighted by atomic mass is 10.1. The fraction of sp³-hybridized carbons (Fsp3) is 0.533. The van der Waals surface area contributed by atoms with Crippen LogP contribution in [0, 0.1) is 6.92 Å². The number of amides is 1. The normalized spacial score (nSPS) is 18.8. The number of carbonyl (C=O) groups excluding carboxylic acids is 1. The van der Waals surface area contributed by atoms with Gasteiger partial charge >= 0.3 is 0 Å². The highest BCUT2D eigenvalue weighted by molar-refractivity contribution is 5.95. The summed E-state index contributed by atoms with van der Waals surface area (Å²) in [6.07, 6.45) is 2.01. The van der Waals surface area contributed by atoms with E-state index in [9.17, 15) is 4.79 Å². The first-order chi connectivity index (χ1) is 9.06. The van der Waals surface area contributed by atoms with Crippen molar-refractivity contribution < 1.29 is 4.79 Å². The zero-order valence-corrected chi connectivity index (χ0v) is 12.0. The molecule has 1 atom stereocenters. The molecule has 1 aliphatic rings. The Hall–Kier alpha value is -1.39. The van der Waals surface area contributed by atoms with Crippen molar-refractivity contribution in [2.75, 3.05) is 26.0 Å². The third kappa shape index (κ3) is 3.78. The van der Waals surface area contributed by atoms with E-state index < -0.39 is 0 Å². The Morgan fingerprint density at radius 2 is 2.26 bits per heavy atom. The van der Waals surface area contributed by atoms with Gasteiger partial charge in [0.15, 0.2) is 0 Å². The van der Waals surface area contributed by atoms with E-state index in [0.29, 0.717) is 0 Å². The van der Waals surface area contributed by atoms with Crippen LogP contribution < -0.4 is 10.6 Å². The van der Waals surface area contributed by atoms with Gasteiger partial charge in [0, 0.05) is 12.2 Å². The topological polar surface area (TPSA) is 44.4 Å². The number of benzene rings is 1. The van der Waals surface area contributed by atoms with E-state index in [1.165, 1.54) is 5.56 Å². The molecule has 2 rings (SSSR count). The van der Waals surface area contributed by atoms with Gasteiger partial charge in [-0.05, 0) is 57.6 Å². The van der Waals surface area contributed by atoms with Crippen LogP contribution >= 0.6 is 0 Å². The maximum absolute atomic E-state index is 12.1. The molecule has 1 aromatic carbocycles. The summed E-state index contributed by atoms with van der Waals surface area (Å²) in [5.41, 5.74) is 3.25. The molecule has 0 aromatic heterocycles. The van der Waals surface area contributed by atoms with Gasteiger partial charge in [0.25, 0.3) is 0 Å². The van der Waals surface area contributed by atoms with Crippen LogP contribution in [0.5, 0.6) is 0 Å². The second-order valence-corrected chi connectivity index (χ2v) is 5.53. The van der Waals surface area contributed by atoms with E-state index in [1.807, 2.05) is 21.0 Å². The van der Waals surface area contributed by atoms with Crippen molar-refractivity contribution in [3.8, 4) is 0 Å². The molecule has 2 N–H and O–H groups in total. The lowest BCUT2D eigenvalue weighted by molar-refractivity contribution is -0.117. The van der Waals surface area contributed by atoms with Gasteiger partial charge in [0.1, 0.15) is 0 Å². The molecule has 4 heteroatoms. The Balaban J connectivity index is 2.07. The molecule has 1 unspecified atom stereocenters. The van der Waals surface area contributed by atoms with Gasteiger partial charge in [-0.3, -0.25) is 4.79 Å². The van der Waals surface area contributed by atoms with Crippen LogP contribution in [-0.2, 0) is 11.3 Å². The predicted molar refractivity (Wildman–Crippen MR) is 78.2 cm³/mol. The van der Waals surface area contributed by atoms with Crippen molar-refractivity contribution in [2.45, 2.75) is 32.4 Å². The van der Waals surface area contributed by atoms with Crippen LogP contribution in [0.1, 0.15) is 24.0 Å². The van der Waals surface area contributed by atoms with Crippen molar-refractivity contribution >= 4 is 11.6 Å². The van der Waals surface area contributed by atoms with Crippen molar-refractivity contribution in [3.05, 3.63) is 29.3 Å². The molecule has 0 bridgehead atoms. The smallest absolute Gasteiger partial charge is 0.241 e. The zero-order valence-electron chi connectivity index (χ0n) is 12.0. The maximum atomic E-state index is 12.1. The number of hydrogen-bond donors (Lipinski definition) is 2. The average molecular weight is 261 g/mol. The molecule has 0 radical (unpaired) electrons. The third-order valence-corrected chi connectivity index (χ3v) is 3.44. The molecular weight excluding hydrogens is 238 g/mol. The Bertz CT molecular complexity index is 451. The summed E-state index contributed by atoms with van der Waals surface area (Å²) in [6.45, 7) is 3.85. The van der Waals surface area contributed by atoms with E-state index >= 15 is 0 Å². The molecule has 1 fully saturated rings. The lowest BCUT2D eigenvalue weighted by Crippen LogP contribution is -2.35. The molecule has 4 nitrogen and oxygen atoms in total. The van der Waals surface area contributed by atoms with E-state index in [4.69, 9.17) is 0 Å². The fourth-order valence-corrected chi connectivity index (χ4v) is 2.40. The van der Waals surface area contributed by atoms with Crippen molar-refractivity contribution in [2.24, 2.45) is 0 Å².